The zero-order valence-electron chi connectivity index (χ0n) is 12.1. The van der Waals surface area contributed by atoms with Crippen LogP contribution >= 0.6 is 0 Å². The zero-order valence-corrected chi connectivity index (χ0v) is 12.1. The second kappa shape index (κ2) is 4.45. The fourth-order valence-corrected chi connectivity index (χ4v) is 4.02. The Morgan fingerprint density at radius 2 is 2.00 bits per heavy atom. The number of aryl methyl sites for hydroxylation is 1. The number of rotatable bonds is 2. The van der Waals surface area contributed by atoms with Crippen LogP contribution in [0.4, 0.5) is 4.39 Å². The summed E-state index contributed by atoms with van der Waals surface area (Å²) in [4.78, 5) is 3.39. The molecule has 0 saturated heterocycles. The predicted molar refractivity (Wildman–Crippen MR) is 84.1 cm³/mol. The van der Waals surface area contributed by atoms with Gasteiger partial charge < -0.3 is 4.98 Å². The van der Waals surface area contributed by atoms with E-state index in [0.29, 0.717) is 0 Å². The lowest BCUT2D eigenvalue weighted by Crippen LogP contribution is -2.23. The molecule has 1 unspecified atom stereocenters. The fourth-order valence-electron chi connectivity index (χ4n) is 4.02. The van der Waals surface area contributed by atoms with Gasteiger partial charge in [-0.15, -0.1) is 0 Å². The van der Waals surface area contributed by atoms with Crippen molar-refractivity contribution in [3.63, 3.8) is 0 Å². The van der Waals surface area contributed by atoms with E-state index >= 15 is 0 Å². The number of aromatic nitrogens is 1. The number of benzene rings is 2. The molecule has 0 saturated carbocycles. The summed E-state index contributed by atoms with van der Waals surface area (Å²) in [6, 6.07) is 13.7. The summed E-state index contributed by atoms with van der Waals surface area (Å²) in [6.07, 6.45) is 5.20. The Balaban J connectivity index is 1.98. The summed E-state index contributed by atoms with van der Waals surface area (Å²) in [5.74, 6) is -0.125. The van der Waals surface area contributed by atoms with Crippen LogP contribution < -0.4 is 0 Å². The minimum Gasteiger partial charge on any atom is -0.361 e. The molecule has 21 heavy (non-hydrogen) atoms. The fraction of sp³-hybridized carbons (Fsp3) is 0.263. The van der Waals surface area contributed by atoms with E-state index in [-0.39, 0.29) is 11.2 Å². The number of halogens is 1. The lowest BCUT2D eigenvalue weighted by molar-refractivity contribution is 0.496. The molecular formula is C19H18FN. The average Bonchev–Trinajstić information content (AvgIpc) is 3.08. The molecule has 0 spiro atoms. The van der Waals surface area contributed by atoms with Crippen molar-refractivity contribution in [2.45, 2.75) is 31.6 Å². The van der Waals surface area contributed by atoms with Crippen molar-refractivity contribution in [2.75, 3.05) is 0 Å². The van der Waals surface area contributed by atoms with Crippen molar-refractivity contribution in [2.24, 2.45) is 0 Å². The molecule has 106 valence electrons. The summed E-state index contributed by atoms with van der Waals surface area (Å²) in [7, 11) is 0. The van der Waals surface area contributed by atoms with Crippen LogP contribution in [0.3, 0.4) is 0 Å². The van der Waals surface area contributed by atoms with E-state index in [2.05, 4.69) is 42.4 Å². The topological polar surface area (TPSA) is 15.8 Å². The Morgan fingerprint density at radius 1 is 1.14 bits per heavy atom. The van der Waals surface area contributed by atoms with Crippen LogP contribution in [0.1, 0.15) is 36.5 Å². The Bertz CT molecular complexity index is 817. The lowest BCUT2D eigenvalue weighted by Gasteiger charge is -2.29. The first kappa shape index (κ1) is 12.6. The van der Waals surface area contributed by atoms with Crippen LogP contribution in [-0.2, 0) is 11.8 Å². The van der Waals surface area contributed by atoms with Gasteiger partial charge in [-0.1, -0.05) is 31.2 Å². The maximum atomic E-state index is 13.5. The van der Waals surface area contributed by atoms with Crippen LogP contribution in [0.2, 0.25) is 0 Å². The predicted octanol–water partition coefficient (Wildman–Crippen LogP) is 4.95. The summed E-state index contributed by atoms with van der Waals surface area (Å²) in [5, 5.41) is 1.29. The van der Waals surface area contributed by atoms with Crippen molar-refractivity contribution in [3.8, 4) is 0 Å². The smallest absolute Gasteiger partial charge is 0.123 e. The van der Waals surface area contributed by atoms with Crippen molar-refractivity contribution >= 4 is 10.9 Å². The molecule has 0 amide bonds. The highest BCUT2D eigenvalue weighted by Crippen LogP contribution is 2.48. The van der Waals surface area contributed by atoms with E-state index in [9.17, 15) is 4.39 Å². The van der Waals surface area contributed by atoms with Crippen LogP contribution in [-0.4, -0.2) is 4.98 Å². The van der Waals surface area contributed by atoms with Gasteiger partial charge >= 0.3 is 0 Å². The van der Waals surface area contributed by atoms with Crippen molar-refractivity contribution in [1.82, 2.24) is 4.98 Å². The minimum absolute atomic E-state index is 0.0165. The summed E-state index contributed by atoms with van der Waals surface area (Å²) in [5.41, 5.74) is 5.02. The zero-order chi connectivity index (χ0) is 14.4. The van der Waals surface area contributed by atoms with Crippen LogP contribution in [0, 0.1) is 5.82 Å². The largest absolute Gasteiger partial charge is 0.361 e. The van der Waals surface area contributed by atoms with Crippen LogP contribution in [0.5, 0.6) is 0 Å². The maximum absolute atomic E-state index is 13.5. The average molecular weight is 279 g/mol. The van der Waals surface area contributed by atoms with Gasteiger partial charge in [0.05, 0.1) is 0 Å². The number of para-hydroxylation sites is 1. The highest BCUT2D eigenvalue weighted by Gasteiger charge is 2.40. The molecule has 1 heterocycles. The van der Waals surface area contributed by atoms with Gasteiger partial charge in [0, 0.05) is 22.5 Å². The molecule has 0 bridgehead atoms. The summed E-state index contributed by atoms with van der Waals surface area (Å²) < 4.78 is 13.5. The Labute approximate surface area is 123 Å². The van der Waals surface area contributed by atoms with Gasteiger partial charge in [0.15, 0.2) is 0 Å². The summed E-state index contributed by atoms with van der Waals surface area (Å²) in [6.45, 7) is 2.24. The van der Waals surface area contributed by atoms with Crippen molar-refractivity contribution in [3.05, 3.63) is 71.2 Å². The Morgan fingerprint density at radius 3 is 2.86 bits per heavy atom. The number of aromatic amines is 1. The quantitative estimate of drug-likeness (QED) is 0.683. The van der Waals surface area contributed by atoms with Gasteiger partial charge in [0.25, 0.3) is 0 Å². The van der Waals surface area contributed by atoms with E-state index in [4.69, 9.17) is 0 Å². The second-order valence-electron chi connectivity index (χ2n) is 5.99. The number of hydrogen-bond acceptors (Lipinski definition) is 0. The molecule has 3 aromatic rings. The number of nitrogens with one attached hydrogen (secondary N) is 1. The third-order valence-electron chi connectivity index (χ3n) is 5.11. The lowest BCUT2D eigenvalue weighted by atomic mass is 9.73. The Hall–Kier alpha value is -2.09. The number of fused-ring (bicyclic) bond motifs is 2. The maximum Gasteiger partial charge on any atom is 0.123 e. The molecule has 2 aromatic carbocycles. The molecule has 0 aliphatic heterocycles. The first-order chi connectivity index (χ1) is 10.2. The molecule has 1 aliphatic rings. The van der Waals surface area contributed by atoms with Crippen LogP contribution in [0.25, 0.3) is 10.9 Å². The highest BCUT2D eigenvalue weighted by atomic mass is 19.1. The third-order valence-corrected chi connectivity index (χ3v) is 5.11. The third kappa shape index (κ3) is 1.68. The van der Waals surface area contributed by atoms with Gasteiger partial charge in [0.2, 0.25) is 0 Å². The number of H-pyrrole nitrogens is 1. The van der Waals surface area contributed by atoms with Gasteiger partial charge in [-0.3, -0.25) is 0 Å². The van der Waals surface area contributed by atoms with Crippen molar-refractivity contribution < 1.29 is 4.39 Å². The summed E-state index contributed by atoms with van der Waals surface area (Å²) >= 11 is 0. The molecule has 0 fully saturated rings. The molecule has 1 aliphatic carbocycles. The molecule has 2 heteroatoms. The van der Waals surface area contributed by atoms with Gasteiger partial charge in [0.1, 0.15) is 5.82 Å². The monoisotopic (exact) mass is 279 g/mol. The standard InChI is InChI=1S/C19H18FN/c1-2-19(10-9-13-11-14(20)7-8-16(13)19)17-12-21-18-6-4-3-5-15(17)18/h3-8,11-12,21H,2,9-10H2,1H3. The molecule has 1 atom stereocenters. The Kier molecular flexibility index (Phi) is 2.68. The van der Waals surface area contributed by atoms with Crippen LogP contribution in [0.15, 0.2) is 48.7 Å². The highest BCUT2D eigenvalue weighted by molar-refractivity contribution is 5.85. The molecule has 1 aromatic heterocycles. The van der Waals surface area contributed by atoms with Gasteiger partial charge in [-0.2, -0.15) is 0 Å². The van der Waals surface area contributed by atoms with E-state index < -0.39 is 0 Å². The van der Waals surface area contributed by atoms with E-state index in [1.165, 1.54) is 27.6 Å². The normalized spacial score (nSPS) is 20.9. The van der Waals surface area contributed by atoms with E-state index in [1.807, 2.05) is 6.07 Å². The van der Waals surface area contributed by atoms with Gasteiger partial charge in [-0.25, -0.2) is 4.39 Å². The molecular weight excluding hydrogens is 261 g/mol. The first-order valence-corrected chi connectivity index (χ1v) is 7.60. The SMILES string of the molecule is CCC1(c2c[nH]c3ccccc23)CCc2cc(F)ccc21. The molecule has 4 rings (SSSR count). The molecule has 1 N–H and O–H groups in total. The van der Waals surface area contributed by atoms with Crippen molar-refractivity contribution in [1.29, 1.82) is 0 Å². The number of hydrogen-bond donors (Lipinski definition) is 1. The second-order valence-corrected chi connectivity index (χ2v) is 5.99. The first-order valence-electron chi connectivity index (χ1n) is 7.60. The van der Waals surface area contributed by atoms with E-state index in [0.717, 1.165) is 19.3 Å². The minimum atomic E-state index is -0.125. The molecule has 0 radical (unpaired) electrons. The van der Waals surface area contributed by atoms with E-state index in [1.54, 1.807) is 12.1 Å². The molecule has 1 nitrogen and oxygen atoms in total. The van der Waals surface area contributed by atoms with Gasteiger partial charge in [-0.05, 0) is 54.2 Å².